The van der Waals surface area contributed by atoms with Crippen molar-refractivity contribution in [3.8, 4) is 0 Å². The molecule has 0 unspecified atom stereocenters. The average Bonchev–Trinajstić information content (AvgIpc) is 2.85. The largest absolute Gasteiger partial charge is 0.466 e. The van der Waals surface area contributed by atoms with Crippen LogP contribution in [0.5, 0.6) is 0 Å². The van der Waals surface area contributed by atoms with Crippen LogP contribution >= 0.6 is 23.2 Å². The van der Waals surface area contributed by atoms with E-state index in [1.54, 1.807) is 38.1 Å². The van der Waals surface area contributed by atoms with Crippen LogP contribution in [0.1, 0.15) is 27.4 Å². The molecule has 0 aliphatic carbocycles. The van der Waals surface area contributed by atoms with Crippen molar-refractivity contribution in [3.05, 3.63) is 63.0 Å². The number of carbonyl (C=O) groups excluding carboxylic acids is 2. The highest BCUT2D eigenvalue weighted by Crippen LogP contribution is 2.26. The number of nitrogens with one attached hydrogen (secondary N) is 2. The Hall–Kier alpha value is -2.24. The van der Waals surface area contributed by atoms with Crippen molar-refractivity contribution in [2.75, 3.05) is 0 Å². The van der Waals surface area contributed by atoms with Gasteiger partial charge in [0.2, 0.25) is 0 Å². The van der Waals surface area contributed by atoms with E-state index >= 15 is 0 Å². The molecule has 0 bridgehead atoms. The lowest BCUT2D eigenvalue weighted by molar-refractivity contribution is -0.117. The van der Waals surface area contributed by atoms with E-state index in [1.165, 1.54) is 12.2 Å². The lowest BCUT2D eigenvalue weighted by Gasteiger charge is -2.04. The van der Waals surface area contributed by atoms with Gasteiger partial charge in [0.1, 0.15) is 11.5 Å². The van der Waals surface area contributed by atoms with E-state index in [2.05, 4.69) is 10.9 Å². The van der Waals surface area contributed by atoms with Gasteiger partial charge in [-0.25, -0.2) is 0 Å². The smallest absolute Gasteiger partial charge is 0.273 e. The maximum Gasteiger partial charge on any atom is 0.273 e. The minimum Gasteiger partial charge on any atom is -0.466 e. The summed E-state index contributed by atoms with van der Waals surface area (Å²) in [6.07, 6.45) is 2.74. The highest BCUT2D eigenvalue weighted by molar-refractivity contribution is 6.42. The zero-order valence-corrected chi connectivity index (χ0v) is 14.0. The third-order valence-electron chi connectivity index (χ3n) is 2.98. The Morgan fingerprint density at radius 2 is 1.91 bits per heavy atom. The molecule has 0 fully saturated rings. The number of furan rings is 1. The zero-order valence-electron chi connectivity index (χ0n) is 12.4. The number of hydrazine groups is 1. The molecule has 2 rings (SSSR count). The number of halogens is 2. The van der Waals surface area contributed by atoms with Crippen molar-refractivity contribution in [2.24, 2.45) is 0 Å². The highest BCUT2D eigenvalue weighted by atomic mass is 35.5. The molecule has 23 heavy (non-hydrogen) atoms. The Bertz CT molecular complexity index is 782. The first-order valence-corrected chi connectivity index (χ1v) is 7.43. The molecule has 0 spiro atoms. The van der Waals surface area contributed by atoms with Gasteiger partial charge in [0.05, 0.1) is 15.6 Å². The monoisotopic (exact) mass is 352 g/mol. The summed E-state index contributed by atoms with van der Waals surface area (Å²) in [4.78, 5) is 23.6. The topological polar surface area (TPSA) is 71.3 Å². The van der Waals surface area contributed by atoms with Gasteiger partial charge in [0.15, 0.2) is 0 Å². The summed E-state index contributed by atoms with van der Waals surface area (Å²) in [5.74, 6) is 0.138. The fourth-order valence-electron chi connectivity index (χ4n) is 1.90. The lowest BCUT2D eigenvalue weighted by atomic mass is 10.2. The number of aryl methyl sites for hydroxylation is 2. The van der Waals surface area contributed by atoms with Gasteiger partial charge in [-0.15, -0.1) is 0 Å². The van der Waals surface area contributed by atoms with E-state index < -0.39 is 11.8 Å². The Kier molecular flexibility index (Phi) is 5.47. The average molecular weight is 353 g/mol. The first kappa shape index (κ1) is 17.1. The molecule has 1 heterocycles. The molecule has 1 aromatic heterocycles. The van der Waals surface area contributed by atoms with Gasteiger partial charge >= 0.3 is 0 Å². The zero-order chi connectivity index (χ0) is 17.0. The first-order valence-electron chi connectivity index (χ1n) is 6.68. The highest BCUT2D eigenvalue weighted by Gasteiger charge is 2.13. The summed E-state index contributed by atoms with van der Waals surface area (Å²) in [7, 11) is 0. The van der Waals surface area contributed by atoms with Crippen molar-refractivity contribution in [1.82, 2.24) is 10.9 Å². The van der Waals surface area contributed by atoms with E-state index in [9.17, 15) is 9.59 Å². The molecular formula is C16H14Cl2N2O3. The minimum atomic E-state index is -0.507. The standard InChI is InChI=1S/C16H14Cl2N2O3/c1-9-8-12(10(2)23-9)16(22)20-19-14(21)7-6-11-4-3-5-13(17)15(11)18/h3-8H,1-2H3,(H,19,21)(H,20,22). The molecule has 2 amide bonds. The number of hydrogen-bond acceptors (Lipinski definition) is 3. The molecule has 2 aromatic rings. The van der Waals surface area contributed by atoms with E-state index in [1.807, 2.05) is 0 Å². The van der Waals surface area contributed by atoms with E-state index in [-0.39, 0.29) is 0 Å². The second-order valence-electron chi connectivity index (χ2n) is 4.75. The summed E-state index contributed by atoms with van der Waals surface area (Å²) >= 11 is 11.9. The SMILES string of the molecule is Cc1cc(C(=O)NNC(=O)C=Cc2cccc(Cl)c2Cl)c(C)o1. The molecule has 0 saturated carbocycles. The molecule has 0 atom stereocenters. The molecule has 1 aromatic carbocycles. The summed E-state index contributed by atoms with van der Waals surface area (Å²) < 4.78 is 5.26. The fraction of sp³-hybridized carbons (Fsp3) is 0.125. The predicted molar refractivity (Wildman–Crippen MR) is 89.3 cm³/mol. The van der Waals surface area contributed by atoms with Gasteiger partial charge in [-0.05, 0) is 37.6 Å². The van der Waals surface area contributed by atoms with Crippen LogP contribution in [0.2, 0.25) is 10.0 Å². The first-order chi connectivity index (χ1) is 10.9. The van der Waals surface area contributed by atoms with Crippen LogP contribution in [0.4, 0.5) is 0 Å². The maximum atomic E-state index is 11.9. The Morgan fingerprint density at radius 1 is 1.17 bits per heavy atom. The van der Waals surface area contributed by atoms with Crippen LogP contribution < -0.4 is 10.9 Å². The minimum absolute atomic E-state index is 0.353. The van der Waals surface area contributed by atoms with Gasteiger partial charge in [-0.3, -0.25) is 20.4 Å². The molecule has 2 N–H and O–H groups in total. The second-order valence-corrected chi connectivity index (χ2v) is 5.53. The number of benzene rings is 1. The van der Waals surface area contributed by atoms with Crippen molar-refractivity contribution < 1.29 is 14.0 Å². The molecule has 0 radical (unpaired) electrons. The third-order valence-corrected chi connectivity index (χ3v) is 3.81. The van der Waals surface area contributed by atoms with Crippen molar-refractivity contribution in [1.29, 1.82) is 0 Å². The molecule has 5 nitrogen and oxygen atoms in total. The van der Waals surface area contributed by atoms with Crippen LogP contribution in [0.15, 0.2) is 34.8 Å². The van der Waals surface area contributed by atoms with E-state index in [4.69, 9.17) is 27.6 Å². The van der Waals surface area contributed by atoms with Crippen molar-refractivity contribution >= 4 is 41.1 Å². The van der Waals surface area contributed by atoms with Gasteiger partial charge in [-0.2, -0.15) is 0 Å². The van der Waals surface area contributed by atoms with Crippen LogP contribution in [-0.2, 0) is 4.79 Å². The molecule has 0 saturated heterocycles. The van der Waals surface area contributed by atoms with Crippen molar-refractivity contribution in [2.45, 2.75) is 13.8 Å². The number of rotatable bonds is 3. The van der Waals surface area contributed by atoms with E-state index in [0.717, 1.165) is 0 Å². The van der Waals surface area contributed by atoms with Crippen molar-refractivity contribution in [3.63, 3.8) is 0 Å². The van der Waals surface area contributed by atoms with Gasteiger partial charge in [0, 0.05) is 6.08 Å². The van der Waals surface area contributed by atoms with Gasteiger partial charge in [0.25, 0.3) is 11.8 Å². The summed E-state index contributed by atoms with van der Waals surface area (Å²) in [6.45, 7) is 3.41. The lowest BCUT2D eigenvalue weighted by Crippen LogP contribution is -2.40. The summed E-state index contributed by atoms with van der Waals surface area (Å²) in [5, 5.41) is 0.750. The quantitative estimate of drug-likeness (QED) is 0.653. The third kappa shape index (κ3) is 4.37. The maximum absolute atomic E-state index is 11.9. The molecule has 0 aliphatic rings. The fourth-order valence-corrected chi connectivity index (χ4v) is 2.27. The second kappa shape index (κ2) is 7.35. The molecule has 7 heteroatoms. The van der Waals surface area contributed by atoms with Crippen LogP contribution in [-0.4, -0.2) is 11.8 Å². The van der Waals surface area contributed by atoms with Crippen LogP contribution in [0.25, 0.3) is 6.08 Å². The molecule has 0 aliphatic heterocycles. The van der Waals surface area contributed by atoms with Crippen LogP contribution in [0, 0.1) is 13.8 Å². The van der Waals surface area contributed by atoms with E-state index in [0.29, 0.717) is 32.7 Å². The molecule has 120 valence electrons. The number of hydrogen-bond donors (Lipinski definition) is 2. The normalized spacial score (nSPS) is 10.8. The van der Waals surface area contributed by atoms with Crippen LogP contribution in [0.3, 0.4) is 0 Å². The van der Waals surface area contributed by atoms with Gasteiger partial charge in [-0.1, -0.05) is 35.3 Å². The Balaban J connectivity index is 1.95. The summed E-state index contributed by atoms with van der Waals surface area (Å²) in [5.41, 5.74) is 5.55. The Labute approximate surface area is 143 Å². The Morgan fingerprint density at radius 3 is 2.57 bits per heavy atom. The molecular weight excluding hydrogens is 339 g/mol. The van der Waals surface area contributed by atoms with Gasteiger partial charge < -0.3 is 4.42 Å². The predicted octanol–water partition coefficient (Wildman–Crippen LogP) is 3.68. The number of amides is 2. The number of carbonyl (C=O) groups is 2. The summed E-state index contributed by atoms with van der Waals surface area (Å²) in [6, 6.07) is 6.68.